The Balaban J connectivity index is 0.00000392. The molecule has 0 heterocycles. The molecule has 1 atom stereocenters. The molecular weight excluding hydrogens is 469 g/mol. The molecule has 0 amide bonds. The Morgan fingerprint density at radius 2 is 1.61 bits per heavy atom. The topological polar surface area (TPSA) is 64.1 Å². The van der Waals surface area contributed by atoms with Gasteiger partial charge in [-0.25, -0.2) is 0 Å². The zero-order valence-corrected chi connectivity index (χ0v) is 19.4. The lowest BCUT2D eigenvalue weighted by Crippen LogP contribution is -2.39. The van der Waals surface area contributed by atoms with Crippen molar-refractivity contribution in [3.63, 3.8) is 0 Å². The van der Waals surface area contributed by atoms with E-state index >= 15 is 0 Å². The standard InChI is InChI=1S/C21H29N3O3.HI/c1-15(16-9-7-6-8-10-16)24-21(22-2)23-12-11-18-19(26-4)13-17(25-3)14-20(18)27-5;/h6-10,13-15H,11-12H2,1-5H3,(H2,22,23,24);1H. The first-order valence-electron chi connectivity index (χ1n) is 8.94. The lowest BCUT2D eigenvalue weighted by atomic mass is 10.1. The number of methoxy groups -OCH3 is 3. The van der Waals surface area contributed by atoms with E-state index in [4.69, 9.17) is 14.2 Å². The fraction of sp³-hybridized carbons (Fsp3) is 0.381. The van der Waals surface area contributed by atoms with Gasteiger partial charge in [0.2, 0.25) is 0 Å². The number of aliphatic imine (C=N–C) groups is 1. The number of ether oxygens (including phenoxy) is 3. The molecule has 7 heteroatoms. The monoisotopic (exact) mass is 499 g/mol. The maximum Gasteiger partial charge on any atom is 0.191 e. The van der Waals surface area contributed by atoms with Crippen molar-refractivity contribution in [2.75, 3.05) is 34.9 Å². The highest BCUT2D eigenvalue weighted by Crippen LogP contribution is 2.34. The number of hydrogen-bond acceptors (Lipinski definition) is 4. The summed E-state index contributed by atoms with van der Waals surface area (Å²) in [4.78, 5) is 4.31. The third kappa shape index (κ3) is 6.47. The molecule has 0 spiro atoms. The van der Waals surface area contributed by atoms with Gasteiger partial charge in [-0.1, -0.05) is 30.3 Å². The summed E-state index contributed by atoms with van der Waals surface area (Å²) >= 11 is 0. The van der Waals surface area contributed by atoms with Gasteiger partial charge in [-0.3, -0.25) is 4.99 Å². The zero-order chi connectivity index (χ0) is 19.6. The lowest BCUT2D eigenvalue weighted by Gasteiger charge is -2.19. The Hall–Kier alpha value is -2.16. The molecule has 2 aromatic rings. The molecule has 2 aromatic carbocycles. The Labute approximate surface area is 184 Å². The molecule has 0 saturated carbocycles. The molecule has 0 radical (unpaired) electrons. The van der Waals surface area contributed by atoms with Crippen LogP contribution < -0.4 is 24.8 Å². The highest BCUT2D eigenvalue weighted by Gasteiger charge is 2.14. The zero-order valence-electron chi connectivity index (χ0n) is 17.1. The number of nitrogens with one attached hydrogen (secondary N) is 2. The molecule has 0 bridgehead atoms. The van der Waals surface area contributed by atoms with Gasteiger partial charge in [0.15, 0.2) is 5.96 Å². The van der Waals surface area contributed by atoms with Crippen LogP contribution in [-0.2, 0) is 6.42 Å². The van der Waals surface area contributed by atoms with Crippen LogP contribution in [0.1, 0.15) is 24.1 Å². The van der Waals surface area contributed by atoms with Crippen molar-refractivity contribution in [3.8, 4) is 17.2 Å². The average molecular weight is 499 g/mol. The van der Waals surface area contributed by atoms with Crippen molar-refractivity contribution in [2.45, 2.75) is 19.4 Å². The summed E-state index contributed by atoms with van der Waals surface area (Å²) in [6, 6.07) is 14.2. The predicted octanol–water partition coefficient (Wildman–Crippen LogP) is 3.80. The minimum Gasteiger partial charge on any atom is -0.496 e. The molecule has 1 unspecified atom stereocenters. The molecule has 6 nitrogen and oxygen atoms in total. The molecule has 0 aliphatic rings. The summed E-state index contributed by atoms with van der Waals surface area (Å²) in [5.74, 6) is 2.94. The van der Waals surface area contributed by atoms with Crippen LogP contribution in [0.3, 0.4) is 0 Å². The number of guanidine groups is 1. The van der Waals surface area contributed by atoms with Crippen LogP contribution in [0.2, 0.25) is 0 Å². The van der Waals surface area contributed by atoms with Crippen LogP contribution in [0.4, 0.5) is 0 Å². The Bertz CT molecular complexity index is 729. The molecular formula is C21H30IN3O3. The molecule has 2 N–H and O–H groups in total. The van der Waals surface area contributed by atoms with Crippen LogP contribution >= 0.6 is 24.0 Å². The number of halogens is 1. The Morgan fingerprint density at radius 3 is 2.11 bits per heavy atom. The van der Waals surface area contributed by atoms with Crippen molar-refractivity contribution in [1.82, 2.24) is 10.6 Å². The quantitative estimate of drug-likeness (QED) is 0.329. The van der Waals surface area contributed by atoms with Gasteiger partial charge < -0.3 is 24.8 Å². The number of rotatable bonds is 8. The van der Waals surface area contributed by atoms with E-state index in [1.54, 1.807) is 28.4 Å². The highest BCUT2D eigenvalue weighted by atomic mass is 127. The fourth-order valence-corrected chi connectivity index (χ4v) is 2.85. The second-order valence-corrected chi connectivity index (χ2v) is 6.04. The summed E-state index contributed by atoms with van der Waals surface area (Å²) < 4.78 is 16.3. The van der Waals surface area contributed by atoms with Crippen LogP contribution in [0.5, 0.6) is 17.2 Å². The number of nitrogens with zero attached hydrogens (tertiary/aromatic N) is 1. The van der Waals surface area contributed by atoms with E-state index < -0.39 is 0 Å². The van der Waals surface area contributed by atoms with Gasteiger partial charge in [-0.15, -0.1) is 24.0 Å². The maximum atomic E-state index is 5.50. The first-order chi connectivity index (χ1) is 13.1. The van der Waals surface area contributed by atoms with Crippen molar-refractivity contribution < 1.29 is 14.2 Å². The third-order valence-corrected chi connectivity index (χ3v) is 4.36. The Morgan fingerprint density at radius 1 is 1.00 bits per heavy atom. The summed E-state index contributed by atoms with van der Waals surface area (Å²) in [6.07, 6.45) is 0.719. The predicted molar refractivity (Wildman–Crippen MR) is 125 cm³/mol. The van der Waals surface area contributed by atoms with Crippen LogP contribution in [0.25, 0.3) is 0 Å². The van der Waals surface area contributed by atoms with Crippen molar-refractivity contribution in [2.24, 2.45) is 4.99 Å². The lowest BCUT2D eigenvalue weighted by molar-refractivity contribution is 0.368. The maximum absolute atomic E-state index is 5.50. The number of benzene rings is 2. The SMILES string of the molecule is CN=C(NCCc1c(OC)cc(OC)cc1OC)NC(C)c1ccccc1.I. The molecule has 0 fully saturated rings. The van der Waals surface area contributed by atoms with Gasteiger partial charge in [-0.05, 0) is 18.9 Å². The van der Waals surface area contributed by atoms with Gasteiger partial charge >= 0.3 is 0 Å². The third-order valence-electron chi connectivity index (χ3n) is 4.36. The van der Waals surface area contributed by atoms with E-state index in [2.05, 4.69) is 34.7 Å². The van der Waals surface area contributed by atoms with Crippen LogP contribution in [0.15, 0.2) is 47.5 Å². The van der Waals surface area contributed by atoms with E-state index in [-0.39, 0.29) is 30.0 Å². The molecule has 154 valence electrons. The van der Waals surface area contributed by atoms with Gasteiger partial charge in [-0.2, -0.15) is 0 Å². The normalized spacial score (nSPS) is 11.8. The van der Waals surface area contributed by atoms with E-state index in [0.29, 0.717) is 12.3 Å². The highest BCUT2D eigenvalue weighted by molar-refractivity contribution is 14.0. The summed E-state index contributed by atoms with van der Waals surface area (Å²) in [5, 5.41) is 6.75. The van der Waals surface area contributed by atoms with Gasteiger partial charge in [0.1, 0.15) is 17.2 Å². The van der Waals surface area contributed by atoms with Gasteiger partial charge in [0.25, 0.3) is 0 Å². The molecule has 0 aliphatic heterocycles. The summed E-state index contributed by atoms with van der Waals surface area (Å²) in [6.45, 7) is 2.79. The van der Waals surface area contributed by atoms with Crippen LogP contribution in [-0.4, -0.2) is 40.9 Å². The first-order valence-corrected chi connectivity index (χ1v) is 8.94. The van der Waals surface area contributed by atoms with E-state index in [1.807, 2.05) is 30.3 Å². The fourth-order valence-electron chi connectivity index (χ4n) is 2.85. The largest absolute Gasteiger partial charge is 0.496 e. The second-order valence-electron chi connectivity index (χ2n) is 6.04. The van der Waals surface area contributed by atoms with Crippen LogP contribution in [0, 0.1) is 0 Å². The minimum absolute atomic E-state index is 0. The molecule has 0 saturated heterocycles. The molecule has 28 heavy (non-hydrogen) atoms. The molecule has 2 rings (SSSR count). The second kappa shape index (κ2) is 12.3. The van der Waals surface area contributed by atoms with E-state index in [9.17, 15) is 0 Å². The van der Waals surface area contributed by atoms with Gasteiger partial charge in [0.05, 0.1) is 27.4 Å². The van der Waals surface area contributed by atoms with E-state index in [0.717, 1.165) is 29.4 Å². The minimum atomic E-state index is 0. The molecule has 0 aliphatic carbocycles. The summed E-state index contributed by atoms with van der Waals surface area (Å²) in [5.41, 5.74) is 2.19. The summed E-state index contributed by atoms with van der Waals surface area (Å²) in [7, 11) is 6.68. The van der Waals surface area contributed by atoms with Crippen molar-refractivity contribution >= 4 is 29.9 Å². The molecule has 0 aromatic heterocycles. The smallest absolute Gasteiger partial charge is 0.191 e. The van der Waals surface area contributed by atoms with Crippen molar-refractivity contribution in [1.29, 1.82) is 0 Å². The van der Waals surface area contributed by atoms with E-state index in [1.165, 1.54) is 5.56 Å². The van der Waals surface area contributed by atoms with Gasteiger partial charge in [0, 0.05) is 31.3 Å². The number of hydrogen-bond donors (Lipinski definition) is 2. The first kappa shape index (κ1) is 23.9. The van der Waals surface area contributed by atoms with Crippen molar-refractivity contribution in [3.05, 3.63) is 53.6 Å². The Kier molecular flexibility index (Phi) is 10.5. The average Bonchev–Trinajstić information content (AvgIpc) is 2.73.